The van der Waals surface area contributed by atoms with Crippen LogP contribution in [0, 0.1) is 0 Å². The number of hydrogen-bond acceptors (Lipinski definition) is 3. The molecule has 0 bridgehead atoms. The van der Waals surface area contributed by atoms with E-state index in [-0.39, 0.29) is 0 Å². The lowest BCUT2D eigenvalue weighted by molar-refractivity contribution is 0.210. The first kappa shape index (κ1) is 16.7. The average Bonchev–Trinajstić information content (AvgIpc) is 2.84. The quantitative estimate of drug-likeness (QED) is 0.649. The first-order valence-corrected chi connectivity index (χ1v) is 8.47. The van der Waals surface area contributed by atoms with Gasteiger partial charge in [0, 0.05) is 23.5 Å². The van der Waals surface area contributed by atoms with Gasteiger partial charge in [0.2, 0.25) is 0 Å². The maximum Gasteiger partial charge on any atom is 0.0330 e. The Morgan fingerprint density at radius 1 is 1.16 bits per heavy atom. The molecule has 0 spiro atoms. The van der Waals surface area contributed by atoms with E-state index in [2.05, 4.69) is 55.4 Å². The third kappa shape index (κ3) is 7.71. The molecular weight excluding hydrogens is 252 g/mol. The lowest BCUT2D eigenvalue weighted by Gasteiger charge is -2.25. The fourth-order valence-corrected chi connectivity index (χ4v) is 2.86. The van der Waals surface area contributed by atoms with Crippen molar-refractivity contribution >= 4 is 11.3 Å². The van der Waals surface area contributed by atoms with Gasteiger partial charge < -0.3 is 5.32 Å². The number of hydrogen-bond donors (Lipinski definition) is 1. The lowest BCUT2D eigenvalue weighted by atomic mass is 10.2. The van der Waals surface area contributed by atoms with E-state index in [4.69, 9.17) is 0 Å². The summed E-state index contributed by atoms with van der Waals surface area (Å²) >= 11 is 1.87. The van der Waals surface area contributed by atoms with Gasteiger partial charge in [-0.05, 0) is 51.2 Å². The lowest BCUT2D eigenvalue weighted by Crippen LogP contribution is -2.31. The van der Waals surface area contributed by atoms with Crippen LogP contribution in [0.15, 0.2) is 17.5 Å². The van der Waals surface area contributed by atoms with Crippen molar-refractivity contribution in [3.8, 4) is 0 Å². The second-order valence-corrected chi connectivity index (χ2v) is 6.85. The Balaban J connectivity index is 2.16. The highest BCUT2D eigenvalue weighted by Crippen LogP contribution is 2.14. The molecule has 0 aromatic carbocycles. The second kappa shape index (κ2) is 9.51. The van der Waals surface area contributed by atoms with E-state index in [0.29, 0.717) is 12.1 Å². The Morgan fingerprint density at radius 3 is 2.53 bits per heavy atom. The summed E-state index contributed by atoms with van der Waals surface area (Å²) in [5.74, 6) is 0. The molecule has 0 atom stereocenters. The zero-order valence-electron chi connectivity index (χ0n) is 13.0. The molecule has 0 aliphatic rings. The van der Waals surface area contributed by atoms with Crippen molar-refractivity contribution in [1.29, 1.82) is 0 Å². The van der Waals surface area contributed by atoms with Crippen LogP contribution in [0.2, 0.25) is 0 Å². The fourth-order valence-electron chi connectivity index (χ4n) is 2.13. The highest BCUT2D eigenvalue weighted by atomic mass is 32.1. The van der Waals surface area contributed by atoms with Crippen LogP contribution in [0.25, 0.3) is 0 Å². The van der Waals surface area contributed by atoms with Crippen LogP contribution in [0.5, 0.6) is 0 Å². The van der Waals surface area contributed by atoms with E-state index in [9.17, 15) is 0 Å². The van der Waals surface area contributed by atoms with Gasteiger partial charge in [-0.1, -0.05) is 26.3 Å². The van der Waals surface area contributed by atoms with Crippen LogP contribution in [0.1, 0.15) is 51.8 Å². The third-order valence-corrected chi connectivity index (χ3v) is 4.21. The molecule has 0 saturated carbocycles. The monoisotopic (exact) mass is 282 g/mol. The van der Waals surface area contributed by atoms with Gasteiger partial charge in [-0.3, -0.25) is 4.90 Å². The molecule has 0 saturated heterocycles. The molecular formula is C16H30N2S. The van der Waals surface area contributed by atoms with Crippen molar-refractivity contribution in [3.63, 3.8) is 0 Å². The largest absolute Gasteiger partial charge is 0.315 e. The molecule has 1 aromatic heterocycles. The van der Waals surface area contributed by atoms with Crippen molar-refractivity contribution in [3.05, 3.63) is 22.4 Å². The molecule has 1 rings (SSSR count). The van der Waals surface area contributed by atoms with Crippen LogP contribution in [0.3, 0.4) is 0 Å². The van der Waals surface area contributed by atoms with Gasteiger partial charge >= 0.3 is 0 Å². The van der Waals surface area contributed by atoms with Crippen LogP contribution in [-0.4, -0.2) is 30.1 Å². The average molecular weight is 282 g/mol. The normalized spacial score (nSPS) is 11.9. The van der Waals surface area contributed by atoms with Crippen LogP contribution >= 0.6 is 11.3 Å². The molecule has 0 amide bonds. The number of rotatable bonds is 10. The van der Waals surface area contributed by atoms with Crippen molar-refractivity contribution < 1.29 is 0 Å². The highest BCUT2D eigenvalue weighted by molar-refractivity contribution is 7.09. The molecule has 0 unspecified atom stereocenters. The van der Waals surface area contributed by atoms with E-state index in [0.717, 1.165) is 13.1 Å². The predicted molar refractivity (Wildman–Crippen MR) is 86.9 cm³/mol. The Labute approximate surface area is 123 Å². The summed E-state index contributed by atoms with van der Waals surface area (Å²) in [5, 5.41) is 5.65. The van der Waals surface area contributed by atoms with Crippen LogP contribution in [-0.2, 0) is 6.54 Å². The molecule has 2 nitrogen and oxygen atoms in total. The van der Waals surface area contributed by atoms with Crippen molar-refractivity contribution in [2.45, 2.75) is 65.6 Å². The minimum absolute atomic E-state index is 0.617. The van der Waals surface area contributed by atoms with Crippen molar-refractivity contribution in [2.75, 3.05) is 13.1 Å². The number of thiophene rings is 1. The second-order valence-electron chi connectivity index (χ2n) is 5.81. The van der Waals surface area contributed by atoms with Gasteiger partial charge in [0.1, 0.15) is 0 Å². The minimum Gasteiger partial charge on any atom is -0.315 e. The van der Waals surface area contributed by atoms with Gasteiger partial charge in [-0.2, -0.15) is 0 Å². The molecule has 3 heteroatoms. The van der Waals surface area contributed by atoms with E-state index in [1.807, 2.05) is 11.3 Å². The highest BCUT2D eigenvalue weighted by Gasteiger charge is 2.10. The maximum atomic E-state index is 3.48. The number of unbranched alkanes of at least 4 members (excludes halogenated alkanes) is 2. The Kier molecular flexibility index (Phi) is 8.35. The molecule has 19 heavy (non-hydrogen) atoms. The van der Waals surface area contributed by atoms with Gasteiger partial charge in [-0.15, -0.1) is 11.3 Å². The summed E-state index contributed by atoms with van der Waals surface area (Å²) in [4.78, 5) is 4.07. The van der Waals surface area contributed by atoms with E-state index >= 15 is 0 Å². The van der Waals surface area contributed by atoms with Crippen molar-refractivity contribution in [2.24, 2.45) is 0 Å². The first-order valence-electron chi connectivity index (χ1n) is 7.59. The third-order valence-electron chi connectivity index (χ3n) is 3.34. The summed E-state index contributed by atoms with van der Waals surface area (Å²) in [6, 6.07) is 5.64. The smallest absolute Gasteiger partial charge is 0.0330 e. The van der Waals surface area contributed by atoms with Gasteiger partial charge in [0.05, 0.1) is 0 Å². The van der Waals surface area contributed by atoms with E-state index in [1.54, 1.807) is 0 Å². The molecule has 1 N–H and O–H groups in total. The van der Waals surface area contributed by atoms with E-state index in [1.165, 1.54) is 30.7 Å². The topological polar surface area (TPSA) is 15.3 Å². The molecule has 1 heterocycles. The van der Waals surface area contributed by atoms with Gasteiger partial charge in [0.15, 0.2) is 0 Å². The zero-order chi connectivity index (χ0) is 14.1. The zero-order valence-corrected chi connectivity index (χ0v) is 13.8. The Morgan fingerprint density at radius 2 is 1.95 bits per heavy atom. The molecule has 0 fully saturated rings. The summed E-state index contributed by atoms with van der Waals surface area (Å²) < 4.78 is 0. The molecule has 1 aromatic rings. The standard InChI is InChI=1S/C16H30N2S/c1-14(2)17-10-6-5-7-11-18(15(3)4)13-16-9-8-12-19-16/h8-9,12,14-15,17H,5-7,10-11,13H2,1-4H3. The van der Waals surface area contributed by atoms with Crippen LogP contribution in [0.4, 0.5) is 0 Å². The molecule has 0 aliphatic heterocycles. The molecule has 0 radical (unpaired) electrons. The summed E-state index contributed by atoms with van der Waals surface area (Å²) in [5.41, 5.74) is 0. The molecule has 0 aliphatic carbocycles. The van der Waals surface area contributed by atoms with E-state index < -0.39 is 0 Å². The van der Waals surface area contributed by atoms with Gasteiger partial charge in [0.25, 0.3) is 0 Å². The first-order chi connectivity index (χ1) is 9.09. The maximum absolute atomic E-state index is 3.48. The fraction of sp³-hybridized carbons (Fsp3) is 0.750. The minimum atomic E-state index is 0.617. The Bertz CT molecular complexity index is 307. The predicted octanol–water partition coefficient (Wildman–Crippen LogP) is 4.13. The molecule has 110 valence electrons. The van der Waals surface area contributed by atoms with Crippen molar-refractivity contribution in [1.82, 2.24) is 10.2 Å². The SMILES string of the molecule is CC(C)NCCCCCN(Cc1cccs1)C(C)C. The summed E-state index contributed by atoms with van der Waals surface area (Å²) in [7, 11) is 0. The number of nitrogens with zero attached hydrogens (tertiary/aromatic N) is 1. The van der Waals surface area contributed by atoms with Gasteiger partial charge in [-0.25, -0.2) is 0 Å². The van der Waals surface area contributed by atoms with Crippen LogP contribution < -0.4 is 5.32 Å². The summed E-state index contributed by atoms with van der Waals surface area (Å²) in [6.07, 6.45) is 3.93. The Hall–Kier alpha value is -0.380. The number of nitrogens with one attached hydrogen (secondary N) is 1. The summed E-state index contributed by atoms with van der Waals surface area (Å²) in [6.45, 7) is 12.5.